The van der Waals surface area contributed by atoms with Crippen LogP contribution in [0.3, 0.4) is 0 Å². The normalized spacial score (nSPS) is 14.6. The molecule has 0 unspecified atom stereocenters. The van der Waals surface area contributed by atoms with Crippen LogP contribution in [0.5, 0.6) is 0 Å². The molecule has 0 atom stereocenters. The number of anilines is 1. The van der Waals surface area contributed by atoms with Crippen LogP contribution in [0, 0.1) is 11.3 Å². The summed E-state index contributed by atoms with van der Waals surface area (Å²) in [5.41, 5.74) is 2.96. The van der Waals surface area contributed by atoms with Crippen molar-refractivity contribution in [2.24, 2.45) is 0 Å². The summed E-state index contributed by atoms with van der Waals surface area (Å²) < 4.78 is 0. The van der Waals surface area contributed by atoms with Crippen LogP contribution in [-0.2, 0) is 0 Å². The molecule has 0 aromatic carbocycles. The van der Waals surface area contributed by atoms with E-state index in [2.05, 4.69) is 35.9 Å². The van der Waals surface area contributed by atoms with Gasteiger partial charge in [0.2, 0.25) is 0 Å². The third-order valence-electron chi connectivity index (χ3n) is 3.49. The van der Waals surface area contributed by atoms with Crippen LogP contribution >= 0.6 is 11.8 Å². The molecule has 3 aromatic rings. The number of H-pyrrole nitrogens is 1. The van der Waals surface area contributed by atoms with Gasteiger partial charge in [-0.2, -0.15) is 5.26 Å². The van der Waals surface area contributed by atoms with Crippen molar-refractivity contribution in [3.63, 3.8) is 0 Å². The molecule has 112 valence electrons. The molecule has 4 heterocycles. The van der Waals surface area contributed by atoms with Crippen molar-refractivity contribution in [2.75, 3.05) is 17.2 Å². The first-order valence-corrected chi connectivity index (χ1v) is 7.94. The molecule has 4 rings (SSSR count). The molecule has 0 fully saturated rings. The fraction of sp³-hybridized carbons (Fsp3) is 0.133. The SMILES string of the molecule is N#Cc1cncc(C2=CN(c3ncnc4nc[nH]c34)CCS2)c1. The number of thioether (sulfide) groups is 1. The molecule has 1 aliphatic rings. The molecule has 0 saturated heterocycles. The molecular weight excluding hydrogens is 310 g/mol. The van der Waals surface area contributed by atoms with E-state index in [-0.39, 0.29) is 0 Å². The summed E-state index contributed by atoms with van der Waals surface area (Å²) in [6.45, 7) is 0.838. The van der Waals surface area contributed by atoms with E-state index in [1.165, 1.54) is 6.33 Å². The molecule has 0 amide bonds. The van der Waals surface area contributed by atoms with Crippen molar-refractivity contribution in [2.45, 2.75) is 0 Å². The highest BCUT2D eigenvalue weighted by molar-refractivity contribution is 8.08. The van der Waals surface area contributed by atoms with Gasteiger partial charge in [-0.3, -0.25) is 4.98 Å². The molecule has 7 nitrogen and oxygen atoms in total. The van der Waals surface area contributed by atoms with Gasteiger partial charge in [0, 0.05) is 41.4 Å². The highest BCUT2D eigenvalue weighted by Crippen LogP contribution is 2.33. The maximum absolute atomic E-state index is 9.03. The molecule has 3 aromatic heterocycles. The Balaban J connectivity index is 1.76. The lowest BCUT2D eigenvalue weighted by atomic mass is 10.2. The van der Waals surface area contributed by atoms with Gasteiger partial charge >= 0.3 is 0 Å². The first-order valence-electron chi connectivity index (χ1n) is 6.96. The maximum Gasteiger partial charge on any atom is 0.182 e. The van der Waals surface area contributed by atoms with Gasteiger partial charge in [0.25, 0.3) is 0 Å². The van der Waals surface area contributed by atoms with Crippen molar-refractivity contribution in [1.82, 2.24) is 24.9 Å². The van der Waals surface area contributed by atoms with Crippen LogP contribution in [0.4, 0.5) is 5.82 Å². The molecule has 8 heteroatoms. The van der Waals surface area contributed by atoms with Crippen LogP contribution in [0.1, 0.15) is 11.1 Å². The van der Waals surface area contributed by atoms with E-state index in [1.807, 2.05) is 12.3 Å². The number of rotatable bonds is 2. The van der Waals surface area contributed by atoms with Crippen LogP contribution in [0.2, 0.25) is 0 Å². The van der Waals surface area contributed by atoms with Gasteiger partial charge in [-0.1, -0.05) is 0 Å². The summed E-state index contributed by atoms with van der Waals surface area (Å²) in [6.07, 6.45) is 8.51. The van der Waals surface area contributed by atoms with Crippen molar-refractivity contribution in [3.05, 3.63) is 48.4 Å². The van der Waals surface area contributed by atoms with E-state index in [1.54, 1.807) is 30.5 Å². The van der Waals surface area contributed by atoms with Gasteiger partial charge in [0.15, 0.2) is 11.5 Å². The number of aromatic nitrogens is 5. The Hall–Kier alpha value is -2.92. The zero-order valence-corrected chi connectivity index (χ0v) is 12.8. The molecule has 0 saturated carbocycles. The Kier molecular flexibility index (Phi) is 3.40. The third kappa shape index (κ3) is 2.51. The molecule has 1 aliphatic heterocycles. The number of nitriles is 1. The minimum Gasteiger partial charge on any atom is -0.340 e. The lowest BCUT2D eigenvalue weighted by Gasteiger charge is -2.25. The smallest absolute Gasteiger partial charge is 0.182 e. The number of nitrogens with zero attached hydrogens (tertiary/aromatic N) is 6. The van der Waals surface area contributed by atoms with E-state index in [0.717, 1.165) is 34.1 Å². The number of hydrogen-bond acceptors (Lipinski definition) is 7. The van der Waals surface area contributed by atoms with E-state index < -0.39 is 0 Å². The lowest BCUT2D eigenvalue weighted by Crippen LogP contribution is -2.24. The molecule has 0 radical (unpaired) electrons. The van der Waals surface area contributed by atoms with Crippen LogP contribution < -0.4 is 4.90 Å². The molecule has 0 spiro atoms. The first-order chi connectivity index (χ1) is 11.3. The molecule has 1 N–H and O–H groups in total. The Morgan fingerprint density at radius 2 is 2.22 bits per heavy atom. The monoisotopic (exact) mass is 321 g/mol. The van der Waals surface area contributed by atoms with Crippen molar-refractivity contribution >= 4 is 33.6 Å². The average Bonchev–Trinajstić information content (AvgIpc) is 3.10. The maximum atomic E-state index is 9.03. The minimum atomic E-state index is 0.555. The van der Waals surface area contributed by atoms with Gasteiger partial charge in [-0.05, 0) is 6.07 Å². The number of fused-ring (bicyclic) bond motifs is 1. The van der Waals surface area contributed by atoms with E-state index in [9.17, 15) is 0 Å². The number of aromatic amines is 1. The standard InChI is InChI=1S/C15H11N7S/c16-4-10-3-11(6-17-5-10)12-7-22(1-2-23-12)15-13-14(19-8-18-13)20-9-21-15/h3,5-9H,1-2H2,(H,18,19,20,21). The Morgan fingerprint density at radius 1 is 1.26 bits per heavy atom. The number of imidazole rings is 1. The van der Waals surface area contributed by atoms with Crippen molar-refractivity contribution in [3.8, 4) is 6.07 Å². The second-order valence-electron chi connectivity index (χ2n) is 4.91. The quantitative estimate of drug-likeness (QED) is 0.773. The number of hydrogen-bond donors (Lipinski definition) is 1. The number of pyridine rings is 1. The van der Waals surface area contributed by atoms with E-state index >= 15 is 0 Å². The van der Waals surface area contributed by atoms with E-state index in [4.69, 9.17) is 5.26 Å². The van der Waals surface area contributed by atoms with Gasteiger partial charge in [0.05, 0.1) is 11.9 Å². The summed E-state index contributed by atoms with van der Waals surface area (Å²) in [5, 5.41) is 9.03. The summed E-state index contributed by atoms with van der Waals surface area (Å²) in [5.74, 6) is 1.72. The average molecular weight is 321 g/mol. The Labute approximate surface area is 136 Å². The Bertz CT molecular complexity index is 940. The summed E-state index contributed by atoms with van der Waals surface area (Å²) >= 11 is 1.74. The highest BCUT2D eigenvalue weighted by atomic mass is 32.2. The third-order valence-corrected chi connectivity index (χ3v) is 4.53. The molecule has 0 bridgehead atoms. The lowest BCUT2D eigenvalue weighted by molar-refractivity contribution is 0.985. The van der Waals surface area contributed by atoms with Gasteiger partial charge in [0.1, 0.15) is 17.9 Å². The topological polar surface area (TPSA) is 94.4 Å². The second-order valence-corrected chi connectivity index (χ2v) is 6.04. The Morgan fingerprint density at radius 3 is 3.13 bits per heavy atom. The molecular formula is C15H11N7S. The summed E-state index contributed by atoms with van der Waals surface area (Å²) in [6, 6.07) is 3.97. The van der Waals surface area contributed by atoms with Crippen LogP contribution in [0.15, 0.2) is 37.3 Å². The van der Waals surface area contributed by atoms with Gasteiger partial charge in [-0.15, -0.1) is 11.8 Å². The second kappa shape index (κ2) is 5.70. The first kappa shape index (κ1) is 13.7. The summed E-state index contributed by atoms with van der Waals surface area (Å²) in [7, 11) is 0. The van der Waals surface area contributed by atoms with E-state index in [0.29, 0.717) is 11.2 Å². The summed E-state index contributed by atoms with van der Waals surface area (Å²) in [4.78, 5) is 23.1. The van der Waals surface area contributed by atoms with Gasteiger partial charge in [-0.25, -0.2) is 15.0 Å². The molecule has 23 heavy (non-hydrogen) atoms. The predicted molar refractivity (Wildman–Crippen MR) is 88.4 cm³/mol. The largest absolute Gasteiger partial charge is 0.340 e. The van der Waals surface area contributed by atoms with Crippen LogP contribution in [0.25, 0.3) is 16.1 Å². The minimum absolute atomic E-state index is 0.555. The zero-order chi connectivity index (χ0) is 15.6. The van der Waals surface area contributed by atoms with Crippen molar-refractivity contribution in [1.29, 1.82) is 5.26 Å². The highest BCUT2D eigenvalue weighted by Gasteiger charge is 2.18. The van der Waals surface area contributed by atoms with Crippen molar-refractivity contribution < 1.29 is 0 Å². The number of nitrogens with one attached hydrogen (secondary N) is 1. The zero-order valence-electron chi connectivity index (χ0n) is 12.0. The fourth-order valence-corrected chi connectivity index (χ4v) is 3.42. The fourth-order valence-electron chi connectivity index (χ4n) is 2.43. The van der Waals surface area contributed by atoms with Gasteiger partial charge < -0.3 is 9.88 Å². The molecule has 0 aliphatic carbocycles. The van der Waals surface area contributed by atoms with Crippen LogP contribution in [-0.4, -0.2) is 37.2 Å². The predicted octanol–water partition coefficient (Wildman–Crippen LogP) is 2.17.